The van der Waals surface area contributed by atoms with Crippen LogP contribution in [0.3, 0.4) is 0 Å². The molecule has 0 spiro atoms. The summed E-state index contributed by atoms with van der Waals surface area (Å²) in [5, 5.41) is 3.05. The lowest BCUT2D eigenvalue weighted by Gasteiger charge is -2.30. The third-order valence-electron chi connectivity index (χ3n) is 2.76. The summed E-state index contributed by atoms with van der Waals surface area (Å²) in [5.41, 5.74) is 0.155. The molecule has 0 aromatic rings. The lowest BCUT2D eigenvalue weighted by atomic mass is 10.2. The van der Waals surface area contributed by atoms with Gasteiger partial charge in [0.1, 0.15) is 0 Å². The van der Waals surface area contributed by atoms with E-state index >= 15 is 0 Å². The predicted molar refractivity (Wildman–Crippen MR) is 46.8 cm³/mol. The van der Waals surface area contributed by atoms with E-state index in [1.165, 1.54) is 6.42 Å². The van der Waals surface area contributed by atoms with Crippen LogP contribution in [0.1, 0.15) is 26.2 Å². The van der Waals surface area contributed by atoms with E-state index in [1.807, 2.05) is 0 Å². The van der Waals surface area contributed by atoms with Crippen molar-refractivity contribution < 1.29 is 4.79 Å². The van der Waals surface area contributed by atoms with E-state index in [2.05, 4.69) is 17.1 Å². The average Bonchev–Trinajstić information content (AvgIpc) is 2.59. The van der Waals surface area contributed by atoms with Gasteiger partial charge >= 0.3 is 0 Å². The molecule has 1 saturated heterocycles. The second-order valence-corrected chi connectivity index (χ2v) is 4.24. The molecule has 0 atom stereocenters. The molecular formula is C9H16N2O. The van der Waals surface area contributed by atoms with Crippen molar-refractivity contribution in [1.82, 2.24) is 10.2 Å². The molecule has 0 unspecified atom stereocenters. The quantitative estimate of drug-likeness (QED) is 0.660. The second kappa shape index (κ2) is 2.73. The summed E-state index contributed by atoms with van der Waals surface area (Å²) in [5.74, 6) is 0.203. The maximum atomic E-state index is 11.3. The molecule has 2 fully saturated rings. The van der Waals surface area contributed by atoms with E-state index in [4.69, 9.17) is 0 Å². The standard InChI is InChI=1S/C9H16N2O/c1-9(3-4-9)10-8(12)7-11-5-2-6-11/h2-7H2,1H3,(H,10,12). The molecule has 2 rings (SSSR count). The zero-order valence-electron chi connectivity index (χ0n) is 7.60. The van der Waals surface area contributed by atoms with Crippen molar-refractivity contribution in [2.24, 2.45) is 0 Å². The molecule has 0 radical (unpaired) electrons. The fraction of sp³-hybridized carbons (Fsp3) is 0.889. The Hall–Kier alpha value is -0.570. The van der Waals surface area contributed by atoms with Crippen LogP contribution in [0.25, 0.3) is 0 Å². The van der Waals surface area contributed by atoms with Gasteiger partial charge in [-0.05, 0) is 39.3 Å². The first kappa shape index (κ1) is 8.05. The molecule has 1 aliphatic carbocycles. The third kappa shape index (κ3) is 1.78. The van der Waals surface area contributed by atoms with Crippen molar-refractivity contribution in [3.8, 4) is 0 Å². The van der Waals surface area contributed by atoms with E-state index in [-0.39, 0.29) is 11.4 Å². The monoisotopic (exact) mass is 168 g/mol. The van der Waals surface area contributed by atoms with Crippen LogP contribution < -0.4 is 5.32 Å². The van der Waals surface area contributed by atoms with Gasteiger partial charge in [0.05, 0.1) is 6.54 Å². The zero-order valence-corrected chi connectivity index (χ0v) is 7.60. The molecule has 68 valence electrons. The van der Waals surface area contributed by atoms with Crippen LogP contribution in [-0.4, -0.2) is 36.0 Å². The number of hydrogen-bond acceptors (Lipinski definition) is 2. The summed E-state index contributed by atoms with van der Waals surface area (Å²) in [6.45, 7) is 4.92. The fourth-order valence-corrected chi connectivity index (χ4v) is 1.43. The molecule has 3 heteroatoms. The van der Waals surface area contributed by atoms with Gasteiger partial charge in [0.15, 0.2) is 0 Å². The van der Waals surface area contributed by atoms with E-state index in [0.29, 0.717) is 6.54 Å². The summed E-state index contributed by atoms with van der Waals surface area (Å²) in [4.78, 5) is 13.5. The number of carbonyl (C=O) groups excluding carboxylic acids is 1. The maximum absolute atomic E-state index is 11.3. The van der Waals surface area contributed by atoms with Crippen molar-refractivity contribution >= 4 is 5.91 Å². The number of hydrogen-bond donors (Lipinski definition) is 1. The molecule has 3 nitrogen and oxygen atoms in total. The molecule has 0 aromatic heterocycles. The summed E-state index contributed by atoms with van der Waals surface area (Å²) >= 11 is 0. The SMILES string of the molecule is CC1(NC(=O)CN2CCC2)CC1. The minimum atomic E-state index is 0.155. The first-order chi connectivity index (χ1) is 5.68. The molecule has 1 N–H and O–H groups in total. The third-order valence-corrected chi connectivity index (χ3v) is 2.76. The number of nitrogens with zero attached hydrogens (tertiary/aromatic N) is 1. The second-order valence-electron chi connectivity index (χ2n) is 4.24. The van der Waals surface area contributed by atoms with Gasteiger partial charge in [0, 0.05) is 5.54 Å². The minimum Gasteiger partial charge on any atom is -0.350 e. The highest BCUT2D eigenvalue weighted by Gasteiger charge is 2.38. The normalized spacial score (nSPS) is 26.1. The van der Waals surface area contributed by atoms with Crippen molar-refractivity contribution in [2.45, 2.75) is 31.7 Å². The van der Waals surface area contributed by atoms with Gasteiger partial charge < -0.3 is 5.32 Å². The molecule has 1 heterocycles. The molecule has 0 aromatic carbocycles. The molecule has 0 bridgehead atoms. The average molecular weight is 168 g/mol. The van der Waals surface area contributed by atoms with Crippen LogP contribution in [0.2, 0.25) is 0 Å². The predicted octanol–water partition coefficient (Wildman–Crippen LogP) is 0.361. The van der Waals surface area contributed by atoms with Crippen LogP contribution in [0, 0.1) is 0 Å². The highest BCUT2D eigenvalue weighted by atomic mass is 16.2. The van der Waals surface area contributed by atoms with Crippen LogP contribution in [0.4, 0.5) is 0 Å². The zero-order chi connectivity index (χ0) is 8.60. The number of amides is 1. The number of rotatable bonds is 3. The smallest absolute Gasteiger partial charge is 0.234 e. The molecule has 2 aliphatic rings. The van der Waals surface area contributed by atoms with Gasteiger partial charge in [0.25, 0.3) is 0 Å². The Bertz CT molecular complexity index is 195. The van der Waals surface area contributed by atoms with E-state index < -0.39 is 0 Å². The van der Waals surface area contributed by atoms with Crippen LogP contribution in [0.15, 0.2) is 0 Å². The summed E-state index contributed by atoms with van der Waals surface area (Å²) in [6, 6.07) is 0. The number of likely N-dealkylation sites (tertiary alicyclic amines) is 1. The van der Waals surface area contributed by atoms with Crippen molar-refractivity contribution in [3.63, 3.8) is 0 Å². The maximum Gasteiger partial charge on any atom is 0.234 e. The largest absolute Gasteiger partial charge is 0.350 e. The molecule has 1 amide bonds. The van der Waals surface area contributed by atoms with Gasteiger partial charge in [-0.2, -0.15) is 0 Å². The summed E-state index contributed by atoms with van der Waals surface area (Å²) in [7, 11) is 0. The lowest BCUT2D eigenvalue weighted by Crippen LogP contribution is -2.46. The van der Waals surface area contributed by atoms with Gasteiger partial charge in [-0.15, -0.1) is 0 Å². The molecular weight excluding hydrogens is 152 g/mol. The van der Waals surface area contributed by atoms with Crippen molar-refractivity contribution in [1.29, 1.82) is 0 Å². The van der Waals surface area contributed by atoms with E-state index in [0.717, 1.165) is 25.9 Å². The highest BCUT2D eigenvalue weighted by Crippen LogP contribution is 2.34. The highest BCUT2D eigenvalue weighted by molar-refractivity contribution is 5.79. The molecule has 1 saturated carbocycles. The van der Waals surface area contributed by atoms with Crippen molar-refractivity contribution in [3.05, 3.63) is 0 Å². The summed E-state index contributed by atoms with van der Waals surface area (Å²) in [6.07, 6.45) is 3.56. The topological polar surface area (TPSA) is 32.3 Å². The molecule has 12 heavy (non-hydrogen) atoms. The minimum absolute atomic E-state index is 0.155. The fourth-order valence-electron chi connectivity index (χ4n) is 1.43. The van der Waals surface area contributed by atoms with E-state index in [1.54, 1.807) is 0 Å². The van der Waals surface area contributed by atoms with Crippen LogP contribution >= 0.6 is 0 Å². The lowest BCUT2D eigenvalue weighted by molar-refractivity contribution is -0.123. The van der Waals surface area contributed by atoms with Crippen molar-refractivity contribution in [2.75, 3.05) is 19.6 Å². The number of carbonyl (C=O) groups is 1. The van der Waals surface area contributed by atoms with Gasteiger partial charge in [-0.3, -0.25) is 9.69 Å². The first-order valence-corrected chi connectivity index (χ1v) is 4.71. The van der Waals surface area contributed by atoms with Gasteiger partial charge in [-0.1, -0.05) is 0 Å². The Kier molecular flexibility index (Phi) is 1.83. The van der Waals surface area contributed by atoms with Gasteiger partial charge in [0.2, 0.25) is 5.91 Å². The van der Waals surface area contributed by atoms with E-state index in [9.17, 15) is 4.79 Å². The van der Waals surface area contributed by atoms with Gasteiger partial charge in [-0.25, -0.2) is 0 Å². The summed E-state index contributed by atoms with van der Waals surface area (Å²) < 4.78 is 0. The Balaban J connectivity index is 1.69. The van der Waals surface area contributed by atoms with Crippen LogP contribution in [-0.2, 0) is 4.79 Å². The number of nitrogens with one attached hydrogen (secondary N) is 1. The molecule has 1 aliphatic heterocycles. The first-order valence-electron chi connectivity index (χ1n) is 4.71. The Labute approximate surface area is 73.1 Å². The Morgan fingerprint density at radius 1 is 1.50 bits per heavy atom. The van der Waals surface area contributed by atoms with Crippen LogP contribution in [0.5, 0.6) is 0 Å². The Morgan fingerprint density at radius 3 is 2.58 bits per heavy atom. The Morgan fingerprint density at radius 2 is 2.17 bits per heavy atom.